The Kier molecular flexibility index (Phi) is 4.79. The first-order chi connectivity index (χ1) is 9.61. The van der Waals surface area contributed by atoms with Crippen molar-refractivity contribution >= 4 is 22.9 Å². The average Bonchev–Trinajstić information content (AvgIpc) is 2.97. The topological polar surface area (TPSA) is 29.5 Å². The first-order valence-corrected chi connectivity index (χ1v) is 7.47. The second-order valence-corrected chi connectivity index (χ2v) is 5.89. The Morgan fingerprint density at radius 3 is 2.45 bits per heavy atom. The minimum atomic E-state index is -0.0305. The summed E-state index contributed by atoms with van der Waals surface area (Å²) in [7, 11) is 1.64. The van der Waals surface area contributed by atoms with Crippen LogP contribution in [0.2, 0.25) is 0 Å². The SMILES string of the molecule is COc1ccc(N(Cc2cccs2)C(=O)C(C)C)cc1. The number of carbonyl (C=O) groups excluding carboxylic acids is 1. The molecule has 0 aliphatic heterocycles. The van der Waals surface area contributed by atoms with E-state index in [1.807, 2.05) is 54.5 Å². The van der Waals surface area contributed by atoms with Crippen LogP contribution < -0.4 is 9.64 Å². The van der Waals surface area contributed by atoms with Crippen LogP contribution in [0.3, 0.4) is 0 Å². The summed E-state index contributed by atoms with van der Waals surface area (Å²) in [5.41, 5.74) is 0.901. The van der Waals surface area contributed by atoms with Crippen LogP contribution in [0.5, 0.6) is 5.75 Å². The molecule has 3 nitrogen and oxygen atoms in total. The second-order valence-electron chi connectivity index (χ2n) is 4.86. The molecule has 1 aromatic carbocycles. The maximum atomic E-state index is 12.4. The molecule has 20 heavy (non-hydrogen) atoms. The summed E-state index contributed by atoms with van der Waals surface area (Å²) < 4.78 is 5.16. The molecule has 2 aromatic rings. The minimum Gasteiger partial charge on any atom is -0.497 e. The number of methoxy groups -OCH3 is 1. The molecular weight excluding hydrogens is 270 g/mol. The zero-order chi connectivity index (χ0) is 14.5. The van der Waals surface area contributed by atoms with E-state index in [9.17, 15) is 4.79 Å². The van der Waals surface area contributed by atoms with Crippen LogP contribution in [0.4, 0.5) is 5.69 Å². The van der Waals surface area contributed by atoms with E-state index >= 15 is 0 Å². The zero-order valence-electron chi connectivity index (χ0n) is 12.0. The maximum absolute atomic E-state index is 12.4. The molecule has 0 radical (unpaired) electrons. The van der Waals surface area contributed by atoms with Crippen LogP contribution in [0.25, 0.3) is 0 Å². The molecule has 0 saturated heterocycles. The van der Waals surface area contributed by atoms with Crippen LogP contribution in [-0.4, -0.2) is 13.0 Å². The predicted molar refractivity (Wildman–Crippen MR) is 83.3 cm³/mol. The Morgan fingerprint density at radius 1 is 1.25 bits per heavy atom. The standard InChI is InChI=1S/C16H19NO2S/c1-12(2)16(18)17(11-15-5-4-10-20-15)13-6-8-14(19-3)9-7-13/h4-10,12H,11H2,1-3H3. The Labute approximate surface area is 123 Å². The van der Waals surface area contributed by atoms with Crippen LogP contribution in [0, 0.1) is 5.92 Å². The van der Waals surface area contributed by atoms with Crippen LogP contribution in [-0.2, 0) is 11.3 Å². The van der Waals surface area contributed by atoms with Gasteiger partial charge < -0.3 is 9.64 Å². The fourth-order valence-electron chi connectivity index (χ4n) is 1.93. The van der Waals surface area contributed by atoms with Gasteiger partial charge in [-0.15, -0.1) is 11.3 Å². The van der Waals surface area contributed by atoms with Gasteiger partial charge in [-0.25, -0.2) is 0 Å². The van der Waals surface area contributed by atoms with Crippen molar-refractivity contribution in [2.75, 3.05) is 12.0 Å². The van der Waals surface area contributed by atoms with E-state index in [0.29, 0.717) is 6.54 Å². The summed E-state index contributed by atoms with van der Waals surface area (Å²) in [6, 6.07) is 11.7. The van der Waals surface area contributed by atoms with E-state index in [2.05, 4.69) is 6.07 Å². The molecule has 4 heteroatoms. The van der Waals surface area contributed by atoms with Gasteiger partial charge in [0.05, 0.1) is 13.7 Å². The molecule has 0 saturated carbocycles. The highest BCUT2D eigenvalue weighted by Crippen LogP contribution is 2.24. The van der Waals surface area contributed by atoms with E-state index < -0.39 is 0 Å². The highest BCUT2D eigenvalue weighted by molar-refractivity contribution is 7.09. The Bertz CT molecular complexity index is 546. The van der Waals surface area contributed by atoms with Crippen molar-refractivity contribution in [2.24, 2.45) is 5.92 Å². The number of anilines is 1. The van der Waals surface area contributed by atoms with E-state index in [1.54, 1.807) is 18.4 Å². The molecular formula is C16H19NO2S. The van der Waals surface area contributed by atoms with Gasteiger partial charge in [0, 0.05) is 16.5 Å². The monoisotopic (exact) mass is 289 g/mol. The van der Waals surface area contributed by atoms with Gasteiger partial charge in [-0.2, -0.15) is 0 Å². The zero-order valence-corrected chi connectivity index (χ0v) is 12.8. The number of benzene rings is 1. The van der Waals surface area contributed by atoms with Crippen molar-refractivity contribution in [3.05, 3.63) is 46.7 Å². The second kappa shape index (κ2) is 6.57. The molecule has 0 atom stereocenters. The smallest absolute Gasteiger partial charge is 0.229 e. The van der Waals surface area contributed by atoms with Crippen molar-refractivity contribution in [3.63, 3.8) is 0 Å². The number of hydrogen-bond acceptors (Lipinski definition) is 3. The maximum Gasteiger partial charge on any atom is 0.229 e. The fraction of sp³-hybridized carbons (Fsp3) is 0.312. The van der Waals surface area contributed by atoms with Gasteiger partial charge in [-0.1, -0.05) is 19.9 Å². The number of thiophene rings is 1. The number of rotatable bonds is 5. The van der Waals surface area contributed by atoms with Crippen LogP contribution in [0.1, 0.15) is 18.7 Å². The summed E-state index contributed by atoms with van der Waals surface area (Å²) >= 11 is 1.66. The van der Waals surface area contributed by atoms with Gasteiger partial charge in [0.25, 0.3) is 0 Å². The molecule has 1 aromatic heterocycles. The quantitative estimate of drug-likeness (QED) is 0.834. The lowest BCUT2D eigenvalue weighted by Crippen LogP contribution is -2.33. The summed E-state index contributed by atoms with van der Waals surface area (Å²) in [6.45, 7) is 4.46. The van der Waals surface area contributed by atoms with Crippen molar-refractivity contribution in [1.29, 1.82) is 0 Å². The van der Waals surface area contributed by atoms with Crippen molar-refractivity contribution in [2.45, 2.75) is 20.4 Å². The van der Waals surface area contributed by atoms with Crippen molar-refractivity contribution < 1.29 is 9.53 Å². The van der Waals surface area contributed by atoms with Gasteiger partial charge >= 0.3 is 0 Å². The molecule has 0 fully saturated rings. The third-order valence-electron chi connectivity index (χ3n) is 3.04. The summed E-state index contributed by atoms with van der Waals surface area (Å²) in [5.74, 6) is 0.891. The van der Waals surface area contributed by atoms with Crippen molar-refractivity contribution in [3.8, 4) is 5.75 Å². The highest BCUT2D eigenvalue weighted by Gasteiger charge is 2.19. The van der Waals surface area contributed by atoms with Gasteiger partial charge in [-0.05, 0) is 35.7 Å². The first-order valence-electron chi connectivity index (χ1n) is 6.59. The summed E-state index contributed by atoms with van der Waals surface area (Å²) in [5, 5.41) is 2.03. The van der Waals surface area contributed by atoms with Gasteiger partial charge in [0.2, 0.25) is 5.91 Å². The molecule has 0 N–H and O–H groups in total. The largest absolute Gasteiger partial charge is 0.497 e. The number of ether oxygens (including phenoxy) is 1. The normalized spacial score (nSPS) is 10.6. The number of nitrogens with zero attached hydrogens (tertiary/aromatic N) is 1. The highest BCUT2D eigenvalue weighted by atomic mass is 32.1. The predicted octanol–water partition coefficient (Wildman–Crippen LogP) is 3.95. The molecule has 0 aliphatic rings. The molecule has 0 bridgehead atoms. The number of amides is 1. The van der Waals surface area contributed by atoms with Crippen molar-refractivity contribution in [1.82, 2.24) is 0 Å². The molecule has 1 amide bonds. The lowest BCUT2D eigenvalue weighted by molar-refractivity contribution is -0.121. The first kappa shape index (κ1) is 14.6. The lowest BCUT2D eigenvalue weighted by atomic mass is 10.1. The fourth-order valence-corrected chi connectivity index (χ4v) is 2.62. The van der Waals surface area contributed by atoms with Crippen LogP contribution >= 0.6 is 11.3 Å². The van der Waals surface area contributed by atoms with Crippen LogP contribution in [0.15, 0.2) is 41.8 Å². The summed E-state index contributed by atoms with van der Waals surface area (Å²) in [4.78, 5) is 15.4. The van der Waals surface area contributed by atoms with E-state index in [1.165, 1.54) is 4.88 Å². The number of carbonyl (C=O) groups is 1. The third-order valence-corrected chi connectivity index (χ3v) is 3.90. The van der Waals surface area contributed by atoms with E-state index in [-0.39, 0.29) is 11.8 Å². The molecule has 2 rings (SSSR count). The molecule has 1 heterocycles. The van der Waals surface area contributed by atoms with E-state index in [4.69, 9.17) is 4.74 Å². The van der Waals surface area contributed by atoms with E-state index in [0.717, 1.165) is 11.4 Å². The van der Waals surface area contributed by atoms with Gasteiger partial charge in [0.15, 0.2) is 0 Å². The lowest BCUT2D eigenvalue weighted by Gasteiger charge is -2.24. The van der Waals surface area contributed by atoms with Gasteiger partial charge in [0.1, 0.15) is 5.75 Å². The summed E-state index contributed by atoms with van der Waals surface area (Å²) in [6.07, 6.45) is 0. The Morgan fingerprint density at radius 2 is 1.95 bits per heavy atom. The molecule has 106 valence electrons. The Balaban J connectivity index is 2.27. The number of hydrogen-bond donors (Lipinski definition) is 0. The molecule has 0 unspecified atom stereocenters. The average molecular weight is 289 g/mol. The Hall–Kier alpha value is -1.81. The minimum absolute atomic E-state index is 0.0305. The molecule has 0 aliphatic carbocycles. The molecule has 0 spiro atoms. The van der Waals surface area contributed by atoms with Gasteiger partial charge in [-0.3, -0.25) is 4.79 Å². The third kappa shape index (κ3) is 3.39.